The quantitative estimate of drug-likeness (QED) is 0.598. The molecule has 4 heteroatoms. The van der Waals surface area contributed by atoms with Crippen LogP contribution in [-0.2, 0) is 4.79 Å². The molecule has 0 radical (unpaired) electrons. The van der Waals surface area contributed by atoms with Gasteiger partial charge < -0.3 is 10.6 Å². The van der Waals surface area contributed by atoms with Gasteiger partial charge in [-0.3, -0.25) is 10.1 Å². The smallest absolute Gasteiger partial charge is 0.238 e. The maximum Gasteiger partial charge on any atom is 0.238 e. The minimum atomic E-state index is 0.0627. The molecule has 2 saturated heterocycles. The summed E-state index contributed by atoms with van der Waals surface area (Å²) in [6.07, 6.45) is 6.32. The Labute approximate surface area is 90.2 Å². The second kappa shape index (κ2) is 3.46. The van der Waals surface area contributed by atoms with Crippen molar-refractivity contribution in [3.63, 3.8) is 0 Å². The van der Waals surface area contributed by atoms with E-state index in [1.54, 1.807) is 0 Å². The van der Waals surface area contributed by atoms with Gasteiger partial charge in [-0.1, -0.05) is 6.42 Å². The first kappa shape index (κ1) is 9.60. The lowest BCUT2D eigenvalue weighted by molar-refractivity contribution is -0.124. The van der Waals surface area contributed by atoms with Crippen LogP contribution in [0.3, 0.4) is 0 Å². The molecule has 3 rings (SSSR count). The van der Waals surface area contributed by atoms with Crippen LogP contribution in [0.15, 0.2) is 0 Å². The van der Waals surface area contributed by atoms with E-state index in [1.807, 2.05) is 0 Å². The average molecular weight is 209 g/mol. The molecule has 4 nitrogen and oxygen atoms in total. The number of hydrogen-bond acceptors (Lipinski definition) is 3. The van der Waals surface area contributed by atoms with E-state index < -0.39 is 0 Å². The maximum atomic E-state index is 11.9. The molecule has 1 amide bonds. The Bertz CT molecular complexity index is 271. The molecule has 2 aliphatic heterocycles. The highest BCUT2D eigenvalue weighted by molar-refractivity contribution is 5.82. The topological polar surface area (TPSA) is 53.2 Å². The van der Waals surface area contributed by atoms with Gasteiger partial charge in [0.15, 0.2) is 0 Å². The van der Waals surface area contributed by atoms with Gasteiger partial charge in [0.05, 0.1) is 12.2 Å². The van der Waals surface area contributed by atoms with E-state index in [2.05, 4.69) is 16.0 Å². The van der Waals surface area contributed by atoms with Crippen LogP contribution in [0.2, 0.25) is 0 Å². The minimum absolute atomic E-state index is 0.0627. The molecular formula is C11H19N3O. The second-order valence-electron chi connectivity index (χ2n) is 5.30. The average Bonchev–Trinajstić information content (AvgIpc) is 2.54. The first-order valence-electron chi connectivity index (χ1n) is 6.05. The van der Waals surface area contributed by atoms with Crippen LogP contribution in [0.1, 0.15) is 32.1 Å². The van der Waals surface area contributed by atoms with Crippen molar-refractivity contribution in [1.82, 2.24) is 16.0 Å². The molecule has 0 aromatic heterocycles. The molecule has 1 spiro atoms. The van der Waals surface area contributed by atoms with Gasteiger partial charge in [0.2, 0.25) is 5.91 Å². The lowest BCUT2D eigenvalue weighted by Crippen LogP contribution is -2.57. The summed E-state index contributed by atoms with van der Waals surface area (Å²) in [5.74, 6) is 0.191. The van der Waals surface area contributed by atoms with Crippen molar-refractivity contribution in [3.05, 3.63) is 0 Å². The van der Waals surface area contributed by atoms with E-state index >= 15 is 0 Å². The Kier molecular flexibility index (Phi) is 2.21. The van der Waals surface area contributed by atoms with Crippen molar-refractivity contribution in [2.75, 3.05) is 13.1 Å². The summed E-state index contributed by atoms with van der Waals surface area (Å²) in [5.41, 5.74) is 0.481. The van der Waals surface area contributed by atoms with Gasteiger partial charge in [-0.25, -0.2) is 0 Å². The van der Waals surface area contributed by atoms with Crippen LogP contribution in [0, 0.1) is 5.41 Å². The van der Waals surface area contributed by atoms with E-state index in [1.165, 1.54) is 19.3 Å². The van der Waals surface area contributed by atoms with Crippen molar-refractivity contribution >= 4 is 5.91 Å². The van der Waals surface area contributed by atoms with Gasteiger partial charge in [0, 0.05) is 13.1 Å². The van der Waals surface area contributed by atoms with Gasteiger partial charge in [0.25, 0.3) is 0 Å². The molecule has 3 aliphatic rings. The molecule has 3 fully saturated rings. The highest BCUT2D eigenvalue weighted by Gasteiger charge is 2.45. The molecule has 0 aromatic rings. The Hall–Kier alpha value is -0.610. The third-order valence-electron chi connectivity index (χ3n) is 4.23. The lowest BCUT2D eigenvalue weighted by atomic mass is 9.67. The zero-order valence-electron chi connectivity index (χ0n) is 9.01. The number of rotatable bonds is 2. The van der Waals surface area contributed by atoms with Gasteiger partial charge >= 0.3 is 0 Å². The zero-order valence-corrected chi connectivity index (χ0v) is 9.01. The normalized spacial score (nSPS) is 37.1. The van der Waals surface area contributed by atoms with Crippen molar-refractivity contribution in [3.8, 4) is 0 Å². The van der Waals surface area contributed by atoms with Crippen LogP contribution >= 0.6 is 0 Å². The fourth-order valence-corrected chi connectivity index (χ4v) is 2.84. The summed E-state index contributed by atoms with van der Waals surface area (Å²) in [4.78, 5) is 11.9. The van der Waals surface area contributed by atoms with E-state index in [4.69, 9.17) is 0 Å². The molecule has 15 heavy (non-hydrogen) atoms. The first-order valence-corrected chi connectivity index (χ1v) is 6.05. The summed E-state index contributed by atoms with van der Waals surface area (Å²) < 4.78 is 0. The third kappa shape index (κ3) is 1.66. The van der Waals surface area contributed by atoms with Crippen LogP contribution in [0.5, 0.6) is 0 Å². The number of carbonyl (C=O) groups excluding carboxylic acids is 1. The molecule has 0 bridgehead atoms. The fraction of sp³-hybridized carbons (Fsp3) is 0.909. The maximum absolute atomic E-state index is 11.9. The predicted molar refractivity (Wildman–Crippen MR) is 57.2 cm³/mol. The largest absolute Gasteiger partial charge is 0.339 e. The molecule has 1 aliphatic carbocycles. The number of hydrogen-bond donors (Lipinski definition) is 3. The molecule has 84 valence electrons. The van der Waals surface area contributed by atoms with Gasteiger partial charge in [-0.2, -0.15) is 0 Å². The molecule has 2 atom stereocenters. The van der Waals surface area contributed by atoms with Crippen LogP contribution in [-0.4, -0.2) is 31.2 Å². The molecule has 2 heterocycles. The summed E-state index contributed by atoms with van der Waals surface area (Å²) in [5, 5.41) is 9.58. The van der Waals surface area contributed by atoms with Gasteiger partial charge in [-0.15, -0.1) is 0 Å². The van der Waals surface area contributed by atoms with Crippen LogP contribution < -0.4 is 16.0 Å². The van der Waals surface area contributed by atoms with E-state index in [9.17, 15) is 4.79 Å². The minimum Gasteiger partial charge on any atom is -0.339 e. The first-order chi connectivity index (χ1) is 7.27. The Morgan fingerprint density at radius 1 is 1.33 bits per heavy atom. The SMILES string of the molecule is O=C(NC1CCN1)C1CC2(CCC2)CN1. The molecule has 2 unspecified atom stereocenters. The summed E-state index contributed by atoms with van der Waals surface area (Å²) in [6, 6.07) is 0.0627. The van der Waals surface area contributed by atoms with Crippen molar-refractivity contribution < 1.29 is 4.79 Å². The van der Waals surface area contributed by atoms with Crippen molar-refractivity contribution in [2.24, 2.45) is 5.41 Å². The highest BCUT2D eigenvalue weighted by Crippen LogP contribution is 2.47. The predicted octanol–water partition coefficient (Wildman–Crippen LogP) is -0.0458. The van der Waals surface area contributed by atoms with E-state index in [-0.39, 0.29) is 18.1 Å². The molecule has 0 aromatic carbocycles. The van der Waals surface area contributed by atoms with Crippen molar-refractivity contribution in [1.29, 1.82) is 0 Å². The summed E-state index contributed by atoms with van der Waals surface area (Å²) >= 11 is 0. The van der Waals surface area contributed by atoms with Crippen LogP contribution in [0.25, 0.3) is 0 Å². The summed E-state index contributed by atoms with van der Waals surface area (Å²) in [7, 11) is 0. The number of nitrogens with one attached hydrogen (secondary N) is 3. The molecule has 1 saturated carbocycles. The Morgan fingerprint density at radius 2 is 2.13 bits per heavy atom. The standard InChI is InChI=1S/C11H19N3O/c15-10(14-9-2-5-12-9)8-6-11(7-13-8)3-1-4-11/h8-9,12-13H,1-7H2,(H,14,15). The number of carbonyl (C=O) groups is 1. The Balaban J connectivity index is 1.52. The highest BCUT2D eigenvalue weighted by atomic mass is 16.2. The third-order valence-corrected chi connectivity index (χ3v) is 4.23. The molecule has 3 N–H and O–H groups in total. The summed E-state index contributed by atoms with van der Waals surface area (Å²) in [6.45, 7) is 2.08. The van der Waals surface area contributed by atoms with E-state index in [0.717, 1.165) is 25.9 Å². The van der Waals surface area contributed by atoms with Gasteiger partial charge in [0.1, 0.15) is 0 Å². The second-order valence-corrected chi connectivity index (χ2v) is 5.30. The van der Waals surface area contributed by atoms with Crippen molar-refractivity contribution in [2.45, 2.75) is 44.3 Å². The fourth-order valence-electron chi connectivity index (χ4n) is 2.84. The van der Waals surface area contributed by atoms with Gasteiger partial charge in [-0.05, 0) is 31.1 Å². The Morgan fingerprint density at radius 3 is 2.60 bits per heavy atom. The van der Waals surface area contributed by atoms with E-state index in [0.29, 0.717) is 5.41 Å². The monoisotopic (exact) mass is 209 g/mol. The lowest BCUT2D eigenvalue weighted by Gasteiger charge is -2.37. The molecular weight excluding hydrogens is 190 g/mol. The van der Waals surface area contributed by atoms with Crippen LogP contribution in [0.4, 0.5) is 0 Å². The number of amides is 1. The zero-order chi connectivity index (χ0) is 10.3.